The largest absolute Gasteiger partial charge is 0.377 e. The quantitative estimate of drug-likeness (QED) is 0.474. The van der Waals surface area contributed by atoms with Gasteiger partial charge in [0.05, 0.1) is 13.2 Å². The zero-order valence-corrected chi connectivity index (χ0v) is 11.5. The standard InChI is InChI=1S/C15H27NO/c1-5-8-14(13-17-11-6-2)12-16-10-7-9-15(16,3)4/h5-6,14H,1-2,7-13H2,3-4H3/t14-/m1/s1. The van der Waals surface area contributed by atoms with Crippen LogP contribution in [0.2, 0.25) is 0 Å². The topological polar surface area (TPSA) is 12.5 Å². The van der Waals surface area contributed by atoms with Crippen LogP contribution < -0.4 is 0 Å². The Morgan fingerprint density at radius 2 is 2.12 bits per heavy atom. The van der Waals surface area contributed by atoms with Gasteiger partial charge in [0.15, 0.2) is 0 Å². The summed E-state index contributed by atoms with van der Waals surface area (Å²) in [7, 11) is 0. The number of allylic oxidation sites excluding steroid dienone is 1. The molecule has 2 nitrogen and oxygen atoms in total. The Labute approximate surface area is 106 Å². The summed E-state index contributed by atoms with van der Waals surface area (Å²) < 4.78 is 5.58. The summed E-state index contributed by atoms with van der Waals surface area (Å²) in [6, 6.07) is 0. The maximum Gasteiger partial charge on any atom is 0.0644 e. The second kappa shape index (κ2) is 6.97. The average molecular weight is 237 g/mol. The van der Waals surface area contributed by atoms with E-state index in [1.165, 1.54) is 19.4 Å². The van der Waals surface area contributed by atoms with E-state index in [4.69, 9.17) is 4.74 Å². The molecule has 0 aliphatic carbocycles. The molecule has 1 saturated heterocycles. The third-order valence-electron chi connectivity index (χ3n) is 3.64. The first kappa shape index (κ1) is 14.5. The van der Waals surface area contributed by atoms with Crippen LogP contribution >= 0.6 is 0 Å². The molecule has 0 saturated carbocycles. The normalized spacial score (nSPS) is 21.3. The van der Waals surface area contributed by atoms with Crippen LogP contribution in [0, 0.1) is 5.92 Å². The third-order valence-corrected chi connectivity index (χ3v) is 3.64. The van der Waals surface area contributed by atoms with Gasteiger partial charge in [-0.05, 0) is 45.6 Å². The van der Waals surface area contributed by atoms with E-state index in [1.807, 2.05) is 12.2 Å². The van der Waals surface area contributed by atoms with Crippen molar-refractivity contribution < 1.29 is 4.74 Å². The first-order valence-corrected chi connectivity index (χ1v) is 6.64. The molecule has 0 radical (unpaired) electrons. The van der Waals surface area contributed by atoms with Gasteiger partial charge in [0.25, 0.3) is 0 Å². The Bertz CT molecular complexity index is 247. The Hall–Kier alpha value is -0.600. The second-order valence-corrected chi connectivity index (χ2v) is 5.58. The summed E-state index contributed by atoms with van der Waals surface area (Å²) in [6.07, 6.45) is 7.47. The summed E-state index contributed by atoms with van der Waals surface area (Å²) in [5.74, 6) is 0.560. The number of rotatable bonds is 8. The molecular weight excluding hydrogens is 210 g/mol. The number of hydrogen-bond acceptors (Lipinski definition) is 2. The minimum Gasteiger partial charge on any atom is -0.377 e. The molecule has 17 heavy (non-hydrogen) atoms. The zero-order chi connectivity index (χ0) is 12.7. The van der Waals surface area contributed by atoms with Crippen LogP contribution in [0.25, 0.3) is 0 Å². The van der Waals surface area contributed by atoms with Crippen LogP contribution in [0.1, 0.15) is 33.1 Å². The van der Waals surface area contributed by atoms with Crippen molar-refractivity contribution in [3.05, 3.63) is 25.3 Å². The SMILES string of the molecule is C=CCOC[C@H](CC=C)CN1CCCC1(C)C. The first-order chi connectivity index (χ1) is 8.10. The number of likely N-dealkylation sites (tertiary alicyclic amines) is 1. The van der Waals surface area contributed by atoms with Gasteiger partial charge in [-0.25, -0.2) is 0 Å². The highest BCUT2D eigenvalue weighted by atomic mass is 16.5. The van der Waals surface area contributed by atoms with Crippen molar-refractivity contribution >= 4 is 0 Å². The smallest absolute Gasteiger partial charge is 0.0644 e. The third kappa shape index (κ3) is 4.64. The molecule has 98 valence electrons. The lowest BCUT2D eigenvalue weighted by molar-refractivity contribution is 0.0804. The predicted molar refractivity (Wildman–Crippen MR) is 74.2 cm³/mol. The Morgan fingerprint density at radius 1 is 1.35 bits per heavy atom. The predicted octanol–water partition coefficient (Wildman–Crippen LogP) is 3.26. The lowest BCUT2D eigenvalue weighted by Crippen LogP contribution is -2.42. The summed E-state index contributed by atoms with van der Waals surface area (Å²) in [5, 5.41) is 0. The minimum absolute atomic E-state index is 0.359. The van der Waals surface area contributed by atoms with Gasteiger partial charge in [0.2, 0.25) is 0 Å². The van der Waals surface area contributed by atoms with E-state index >= 15 is 0 Å². The van der Waals surface area contributed by atoms with E-state index in [2.05, 4.69) is 31.9 Å². The maximum absolute atomic E-state index is 5.58. The van der Waals surface area contributed by atoms with E-state index in [-0.39, 0.29) is 0 Å². The number of nitrogens with zero attached hydrogens (tertiary/aromatic N) is 1. The van der Waals surface area contributed by atoms with Crippen LogP contribution in [0.5, 0.6) is 0 Å². The van der Waals surface area contributed by atoms with Gasteiger partial charge in [-0.3, -0.25) is 4.90 Å². The molecule has 0 amide bonds. The van der Waals surface area contributed by atoms with Gasteiger partial charge in [0.1, 0.15) is 0 Å². The van der Waals surface area contributed by atoms with Crippen molar-refractivity contribution in [2.24, 2.45) is 5.92 Å². The Kier molecular flexibility index (Phi) is 5.93. The molecule has 0 aromatic heterocycles. The highest BCUT2D eigenvalue weighted by Crippen LogP contribution is 2.29. The zero-order valence-electron chi connectivity index (χ0n) is 11.5. The molecule has 0 aromatic carbocycles. The van der Waals surface area contributed by atoms with Crippen LogP contribution in [-0.4, -0.2) is 36.7 Å². The van der Waals surface area contributed by atoms with Crippen LogP contribution in [0.3, 0.4) is 0 Å². The van der Waals surface area contributed by atoms with Crippen LogP contribution in [0.15, 0.2) is 25.3 Å². The summed E-state index contributed by atoms with van der Waals surface area (Å²) >= 11 is 0. The Balaban J connectivity index is 2.42. The van der Waals surface area contributed by atoms with Gasteiger partial charge >= 0.3 is 0 Å². The summed E-state index contributed by atoms with van der Waals surface area (Å²) in [4.78, 5) is 2.60. The van der Waals surface area contributed by atoms with Crippen molar-refractivity contribution in [1.82, 2.24) is 4.90 Å². The molecule has 1 rings (SSSR count). The molecule has 1 heterocycles. The Morgan fingerprint density at radius 3 is 2.65 bits per heavy atom. The van der Waals surface area contributed by atoms with Crippen LogP contribution in [0.4, 0.5) is 0 Å². The van der Waals surface area contributed by atoms with Crippen LogP contribution in [-0.2, 0) is 4.74 Å². The molecule has 1 atom stereocenters. The van der Waals surface area contributed by atoms with E-state index in [0.717, 1.165) is 19.6 Å². The fourth-order valence-corrected chi connectivity index (χ4v) is 2.56. The monoisotopic (exact) mass is 237 g/mol. The number of ether oxygens (including phenoxy) is 1. The van der Waals surface area contributed by atoms with E-state index in [1.54, 1.807) is 0 Å². The minimum atomic E-state index is 0.359. The molecule has 1 aliphatic rings. The summed E-state index contributed by atoms with van der Waals surface area (Å²) in [5.41, 5.74) is 0.359. The van der Waals surface area contributed by atoms with Gasteiger partial charge < -0.3 is 4.74 Å². The van der Waals surface area contributed by atoms with Crippen molar-refractivity contribution in [2.75, 3.05) is 26.3 Å². The van der Waals surface area contributed by atoms with Crippen molar-refractivity contribution in [3.8, 4) is 0 Å². The second-order valence-electron chi connectivity index (χ2n) is 5.58. The van der Waals surface area contributed by atoms with Gasteiger partial charge in [-0.1, -0.05) is 12.2 Å². The van der Waals surface area contributed by atoms with Crippen molar-refractivity contribution in [3.63, 3.8) is 0 Å². The molecule has 0 unspecified atom stereocenters. The highest BCUT2D eigenvalue weighted by Gasteiger charge is 2.32. The van der Waals surface area contributed by atoms with Gasteiger partial charge in [0, 0.05) is 12.1 Å². The maximum atomic E-state index is 5.58. The lowest BCUT2D eigenvalue weighted by atomic mass is 9.99. The average Bonchev–Trinajstić information content (AvgIpc) is 2.59. The van der Waals surface area contributed by atoms with Gasteiger partial charge in [-0.15, -0.1) is 13.2 Å². The molecular formula is C15H27NO. The first-order valence-electron chi connectivity index (χ1n) is 6.64. The molecule has 0 N–H and O–H groups in total. The molecule has 0 aromatic rings. The van der Waals surface area contributed by atoms with E-state index in [0.29, 0.717) is 18.1 Å². The molecule has 1 fully saturated rings. The summed E-state index contributed by atoms with van der Waals surface area (Å²) in [6.45, 7) is 16.0. The van der Waals surface area contributed by atoms with E-state index < -0.39 is 0 Å². The van der Waals surface area contributed by atoms with Gasteiger partial charge in [-0.2, -0.15) is 0 Å². The molecule has 1 aliphatic heterocycles. The molecule has 2 heteroatoms. The lowest BCUT2D eigenvalue weighted by Gasteiger charge is -2.34. The number of hydrogen-bond donors (Lipinski definition) is 0. The fourth-order valence-electron chi connectivity index (χ4n) is 2.56. The van der Waals surface area contributed by atoms with Crippen molar-refractivity contribution in [1.29, 1.82) is 0 Å². The molecule has 0 spiro atoms. The van der Waals surface area contributed by atoms with E-state index in [9.17, 15) is 0 Å². The van der Waals surface area contributed by atoms with Crippen molar-refractivity contribution in [2.45, 2.75) is 38.6 Å². The highest BCUT2D eigenvalue weighted by molar-refractivity contribution is 4.89. The molecule has 0 bridgehead atoms. The fraction of sp³-hybridized carbons (Fsp3) is 0.733.